The van der Waals surface area contributed by atoms with E-state index in [4.69, 9.17) is 16.6 Å². The number of fused-ring (bicyclic) bond motifs is 3. The van der Waals surface area contributed by atoms with Gasteiger partial charge in [0.05, 0.1) is 6.54 Å². The first-order chi connectivity index (χ1) is 15.7. The Balaban J connectivity index is 1.74. The average molecular weight is 464 g/mol. The molecule has 8 heteroatoms. The summed E-state index contributed by atoms with van der Waals surface area (Å²) in [4.78, 5) is 33.7. The normalized spacial score (nSPS) is 15.8. The summed E-state index contributed by atoms with van der Waals surface area (Å²) in [5.41, 5.74) is 4.19. The molecule has 0 bridgehead atoms. The predicted molar refractivity (Wildman–Crippen MR) is 132 cm³/mol. The number of hydrogen-bond donors (Lipinski definition) is 0. The molecule has 1 aliphatic rings. The third-order valence-corrected chi connectivity index (χ3v) is 6.62. The summed E-state index contributed by atoms with van der Waals surface area (Å²) in [6.07, 6.45) is 0. The molecule has 0 N–H and O–H groups in total. The number of nitrogens with zero attached hydrogens (tertiary/aromatic N) is 5. The van der Waals surface area contributed by atoms with E-state index in [1.54, 1.807) is 13.1 Å². The smallest absolute Gasteiger partial charge is 0.312 e. The number of aryl methyl sites for hydroxylation is 3. The van der Waals surface area contributed by atoms with E-state index >= 15 is 0 Å². The molecule has 0 spiro atoms. The van der Waals surface area contributed by atoms with E-state index in [0.29, 0.717) is 34.6 Å². The summed E-state index contributed by atoms with van der Waals surface area (Å²) >= 11 is 6.31. The van der Waals surface area contributed by atoms with Crippen molar-refractivity contribution in [3.63, 3.8) is 0 Å². The van der Waals surface area contributed by atoms with E-state index < -0.39 is 5.69 Å². The van der Waals surface area contributed by atoms with E-state index in [1.807, 2.05) is 22.8 Å². The highest BCUT2D eigenvalue weighted by Crippen LogP contribution is 2.33. The van der Waals surface area contributed by atoms with Crippen molar-refractivity contribution < 1.29 is 0 Å². The topological polar surface area (TPSA) is 65.1 Å². The highest BCUT2D eigenvalue weighted by Gasteiger charge is 2.30. The minimum absolute atomic E-state index is 0.109. The monoisotopic (exact) mass is 463 g/mol. The van der Waals surface area contributed by atoms with Crippen molar-refractivity contribution in [2.24, 2.45) is 13.0 Å². The number of anilines is 2. The number of rotatable bonds is 3. The first-order valence-electron chi connectivity index (χ1n) is 11.0. The van der Waals surface area contributed by atoms with Crippen LogP contribution in [0, 0.1) is 19.8 Å². The van der Waals surface area contributed by atoms with Gasteiger partial charge in [-0.05, 0) is 54.7 Å². The lowest BCUT2D eigenvalue weighted by Gasteiger charge is -2.33. The molecular weight excluding hydrogens is 438 g/mol. The lowest BCUT2D eigenvalue weighted by Crippen LogP contribution is -2.40. The molecule has 0 unspecified atom stereocenters. The van der Waals surface area contributed by atoms with Crippen molar-refractivity contribution in [3.05, 3.63) is 85.0 Å². The van der Waals surface area contributed by atoms with E-state index in [9.17, 15) is 9.59 Å². The van der Waals surface area contributed by atoms with Gasteiger partial charge in [0.1, 0.15) is 0 Å². The molecule has 33 heavy (non-hydrogen) atoms. The Morgan fingerprint density at radius 1 is 1.06 bits per heavy atom. The molecule has 7 nitrogen and oxygen atoms in total. The molecule has 170 valence electrons. The molecule has 0 amide bonds. The van der Waals surface area contributed by atoms with Gasteiger partial charge in [0.2, 0.25) is 5.95 Å². The quantitative estimate of drug-likeness (QED) is 0.460. The summed E-state index contributed by atoms with van der Waals surface area (Å²) < 4.78 is 4.67. The maximum absolute atomic E-state index is 13.6. The number of halogens is 1. The van der Waals surface area contributed by atoms with Crippen LogP contribution in [0.15, 0.2) is 52.1 Å². The van der Waals surface area contributed by atoms with E-state index in [-0.39, 0.29) is 12.1 Å². The Labute approximate surface area is 196 Å². The summed E-state index contributed by atoms with van der Waals surface area (Å²) in [6.45, 7) is 7.86. The summed E-state index contributed by atoms with van der Waals surface area (Å²) in [6, 6.07) is 13.7. The molecular formula is C25H26ClN5O2. The van der Waals surface area contributed by atoms with Gasteiger partial charge < -0.3 is 9.47 Å². The van der Waals surface area contributed by atoms with Crippen LogP contribution >= 0.6 is 11.6 Å². The zero-order chi connectivity index (χ0) is 23.4. The fraction of sp³-hybridized carbons (Fsp3) is 0.320. The molecule has 3 heterocycles. The standard InChI is InChI=1S/C25H26ClN5O2/c1-15-9-16(2)11-19(10-15)29-12-17(3)13-30-21-22(27-24(29)30)28(4)25(33)31(23(21)32)14-18-7-5-6-8-20(18)26/h5-11,17H,12-14H2,1-4H3/t17-/m0/s1. The first-order valence-corrected chi connectivity index (χ1v) is 11.4. The summed E-state index contributed by atoms with van der Waals surface area (Å²) in [5, 5.41) is 0.525. The summed E-state index contributed by atoms with van der Waals surface area (Å²) in [7, 11) is 1.66. The maximum Gasteiger partial charge on any atom is 0.332 e. The van der Waals surface area contributed by atoms with Crippen LogP contribution in [0.4, 0.5) is 11.6 Å². The maximum atomic E-state index is 13.6. The van der Waals surface area contributed by atoms with E-state index in [0.717, 1.165) is 17.8 Å². The van der Waals surface area contributed by atoms with Crippen LogP contribution in [0.3, 0.4) is 0 Å². The Hall–Kier alpha value is -3.32. The SMILES string of the molecule is Cc1cc(C)cc(N2C[C@H](C)Cn3c2nc2c3c(=O)n(Cc3ccccc3Cl)c(=O)n2C)c1. The second kappa shape index (κ2) is 7.92. The largest absolute Gasteiger partial charge is 0.332 e. The van der Waals surface area contributed by atoms with Gasteiger partial charge in [0.15, 0.2) is 11.2 Å². The van der Waals surface area contributed by atoms with Gasteiger partial charge >= 0.3 is 5.69 Å². The molecule has 0 radical (unpaired) electrons. The molecule has 1 aliphatic heterocycles. The third kappa shape index (κ3) is 3.56. The van der Waals surface area contributed by atoms with Gasteiger partial charge in [-0.2, -0.15) is 4.98 Å². The van der Waals surface area contributed by atoms with Crippen LogP contribution in [0.2, 0.25) is 5.02 Å². The van der Waals surface area contributed by atoms with Crippen LogP contribution in [0.5, 0.6) is 0 Å². The molecule has 0 aliphatic carbocycles. The number of imidazole rings is 1. The van der Waals surface area contributed by atoms with Crippen molar-refractivity contribution >= 4 is 34.4 Å². The Bertz CT molecular complexity index is 1490. The van der Waals surface area contributed by atoms with E-state index in [2.05, 4.69) is 43.9 Å². The van der Waals surface area contributed by atoms with Gasteiger partial charge in [0.25, 0.3) is 5.56 Å². The van der Waals surface area contributed by atoms with Crippen LogP contribution in [-0.4, -0.2) is 25.2 Å². The third-order valence-electron chi connectivity index (χ3n) is 6.25. The average Bonchev–Trinajstić information content (AvgIpc) is 3.14. The fourth-order valence-electron chi connectivity index (χ4n) is 4.77. The molecule has 2 aromatic heterocycles. The first kappa shape index (κ1) is 21.5. The van der Waals surface area contributed by atoms with Crippen molar-refractivity contribution in [1.82, 2.24) is 18.7 Å². The minimum atomic E-state index is -0.408. The zero-order valence-electron chi connectivity index (χ0n) is 19.2. The summed E-state index contributed by atoms with van der Waals surface area (Å²) in [5.74, 6) is 0.986. The lowest BCUT2D eigenvalue weighted by molar-refractivity contribution is 0.458. The van der Waals surface area contributed by atoms with Gasteiger partial charge in [-0.1, -0.05) is 42.8 Å². The Morgan fingerprint density at radius 2 is 1.76 bits per heavy atom. The highest BCUT2D eigenvalue weighted by molar-refractivity contribution is 6.31. The lowest BCUT2D eigenvalue weighted by atomic mass is 10.1. The Morgan fingerprint density at radius 3 is 2.45 bits per heavy atom. The predicted octanol–water partition coefficient (Wildman–Crippen LogP) is 4.00. The second-order valence-corrected chi connectivity index (χ2v) is 9.49. The van der Waals surface area contributed by atoms with Gasteiger partial charge in [-0.3, -0.25) is 13.9 Å². The molecule has 0 saturated carbocycles. The fourth-order valence-corrected chi connectivity index (χ4v) is 4.96. The zero-order valence-corrected chi connectivity index (χ0v) is 19.9. The molecule has 5 rings (SSSR count). The van der Waals surface area contributed by atoms with Crippen LogP contribution in [0.1, 0.15) is 23.6 Å². The molecule has 4 aromatic rings. The minimum Gasteiger partial charge on any atom is -0.312 e. The van der Waals surface area contributed by atoms with Crippen molar-refractivity contribution in [2.45, 2.75) is 33.9 Å². The molecule has 1 atom stereocenters. The van der Waals surface area contributed by atoms with Crippen molar-refractivity contribution in [1.29, 1.82) is 0 Å². The number of aromatic nitrogens is 4. The van der Waals surface area contributed by atoms with Gasteiger partial charge in [0, 0.05) is 30.8 Å². The molecule has 0 fully saturated rings. The second-order valence-electron chi connectivity index (χ2n) is 9.08. The van der Waals surface area contributed by atoms with Gasteiger partial charge in [-0.15, -0.1) is 0 Å². The van der Waals surface area contributed by atoms with Crippen molar-refractivity contribution in [3.8, 4) is 0 Å². The van der Waals surface area contributed by atoms with Crippen LogP contribution in [0.25, 0.3) is 11.2 Å². The van der Waals surface area contributed by atoms with Crippen LogP contribution in [-0.2, 0) is 20.1 Å². The van der Waals surface area contributed by atoms with Crippen molar-refractivity contribution in [2.75, 3.05) is 11.4 Å². The van der Waals surface area contributed by atoms with Gasteiger partial charge in [-0.25, -0.2) is 4.79 Å². The molecule has 0 saturated heterocycles. The molecule has 2 aromatic carbocycles. The number of benzene rings is 2. The van der Waals surface area contributed by atoms with E-state index in [1.165, 1.54) is 20.3 Å². The Kier molecular flexibility index (Phi) is 5.16. The van der Waals surface area contributed by atoms with Crippen LogP contribution < -0.4 is 16.1 Å². The number of hydrogen-bond acceptors (Lipinski definition) is 4. The highest BCUT2D eigenvalue weighted by atomic mass is 35.5.